The molecule has 204 valence electrons. The van der Waals surface area contributed by atoms with Gasteiger partial charge in [-0.05, 0) is 92.8 Å². The van der Waals surface area contributed by atoms with E-state index in [2.05, 4.69) is 40.7 Å². The summed E-state index contributed by atoms with van der Waals surface area (Å²) in [6.07, 6.45) is 9.03. The second kappa shape index (κ2) is 8.37. The minimum Gasteiger partial charge on any atom is -0.388 e. The molecule has 4 fully saturated rings. The monoisotopic (exact) mass is 502 g/mol. The number of hydrogen-bond acceptors (Lipinski definition) is 5. The Kier molecular flexibility index (Phi) is 6.24. The molecule has 0 aromatic heterocycles. The molecule has 4 aliphatic carbocycles. The van der Waals surface area contributed by atoms with Crippen LogP contribution in [-0.4, -0.2) is 47.2 Å². The van der Waals surface area contributed by atoms with Gasteiger partial charge in [0.2, 0.25) is 0 Å². The van der Waals surface area contributed by atoms with E-state index in [0.29, 0.717) is 23.5 Å². The summed E-state index contributed by atoms with van der Waals surface area (Å²) in [5, 5.41) is 21.2. The quantitative estimate of drug-likeness (QED) is 0.485. The van der Waals surface area contributed by atoms with Crippen molar-refractivity contribution < 1.29 is 24.5 Å². The number of carbonyl (C=O) groups excluding carboxylic acids is 1. The van der Waals surface area contributed by atoms with Crippen LogP contribution in [0.2, 0.25) is 0 Å². The lowest BCUT2D eigenvalue weighted by molar-refractivity contribution is -0.184. The highest BCUT2D eigenvalue weighted by Crippen LogP contribution is 2.73. The SMILES string of the molecule is CO[C@H]1O[C@@H]([C@H](O)C(C)(C)O)C[C@H]1[C@@H]1CC[C@]2(C)C3=CC[C@H]4C(C)(C)C(=O)CC[C@]4(C)[C@H]3CC[C@@]12C. The molecule has 0 spiro atoms. The van der Waals surface area contributed by atoms with E-state index in [1.807, 2.05) is 0 Å². The number of rotatable bonds is 4. The van der Waals surface area contributed by atoms with Gasteiger partial charge in [-0.1, -0.05) is 46.3 Å². The molecule has 0 radical (unpaired) electrons. The van der Waals surface area contributed by atoms with Gasteiger partial charge in [-0.2, -0.15) is 0 Å². The van der Waals surface area contributed by atoms with Crippen molar-refractivity contribution in [2.24, 2.45) is 45.3 Å². The van der Waals surface area contributed by atoms with Crippen molar-refractivity contribution in [1.82, 2.24) is 0 Å². The molecule has 36 heavy (non-hydrogen) atoms. The first kappa shape index (κ1) is 26.8. The van der Waals surface area contributed by atoms with Gasteiger partial charge in [-0.15, -0.1) is 0 Å². The highest BCUT2D eigenvalue weighted by atomic mass is 16.7. The average Bonchev–Trinajstić information content (AvgIpc) is 3.33. The molecule has 5 nitrogen and oxygen atoms in total. The number of ketones is 1. The topological polar surface area (TPSA) is 76.0 Å². The van der Waals surface area contributed by atoms with Gasteiger partial charge in [0.05, 0.1) is 11.7 Å². The van der Waals surface area contributed by atoms with Gasteiger partial charge in [0.15, 0.2) is 6.29 Å². The Morgan fingerprint density at radius 2 is 1.81 bits per heavy atom. The minimum atomic E-state index is -1.21. The Hall–Kier alpha value is -0.750. The third-order valence-electron chi connectivity index (χ3n) is 12.6. The zero-order chi connectivity index (χ0) is 26.5. The normalized spacial score (nSPS) is 49.2. The average molecular weight is 503 g/mol. The summed E-state index contributed by atoms with van der Waals surface area (Å²) in [5.74, 6) is 2.09. The van der Waals surface area contributed by atoms with Crippen LogP contribution in [0.3, 0.4) is 0 Å². The number of allylic oxidation sites excluding steroid dienone is 2. The summed E-state index contributed by atoms with van der Waals surface area (Å²) in [6.45, 7) is 15.2. The second-order valence-electron chi connectivity index (χ2n) is 14.9. The van der Waals surface area contributed by atoms with E-state index >= 15 is 0 Å². The first-order valence-corrected chi connectivity index (χ1v) is 14.4. The molecule has 1 aliphatic heterocycles. The van der Waals surface area contributed by atoms with Crippen LogP contribution in [0.25, 0.3) is 0 Å². The summed E-state index contributed by atoms with van der Waals surface area (Å²) in [6, 6.07) is 0. The van der Waals surface area contributed by atoms with Crippen LogP contribution in [-0.2, 0) is 14.3 Å². The molecular formula is C31H50O5. The fraction of sp³-hybridized carbons (Fsp3) is 0.903. The Labute approximate surface area is 218 Å². The van der Waals surface area contributed by atoms with Gasteiger partial charge >= 0.3 is 0 Å². The molecule has 5 aliphatic rings. The van der Waals surface area contributed by atoms with E-state index < -0.39 is 17.8 Å². The lowest BCUT2D eigenvalue weighted by Crippen LogP contribution is -2.57. The van der Waals surface area contributed by atoms with Crippen molar-refractivity contribution in [3.63, 3.8) is 0 Å². The molecule has 0 unspecified atom stereocenters. The van der Waals surface area contributed by atoms with Crippen molar-refractivity contribution in [3.05, 3.63) is 11.6 Å². The van der Waals surface area contributed by atoms with Crippen LogP contribution < -0.4 is 0 Å². The number of methoxy groups -OCH3 is 1. The van der Waals surface area contributed by atoms with Gasteiger partial charge in [-0.3, -0.25) is 4.79 Å². The van der Waals surface area contributed by atoms with Gasteiger partial charge in [-0.25, -0.2) is 0 Å². The molecule has 0 aromatic rings. The number of aliphatic hydroxyl groups is 2. The maximum Gasteiger partial charge on any atom is 0.160 e. The fourth-order valence-corrected chi connectivity index (χ4v) is 10.2. The lowest BCUT2D eigenvalue weighted by atomic mass is 9.41. The predicted molar refractivity (Wildman–Crippen MR) is 140 cm³/mol. The number of Topliss-reactive ketones (excluding diaryl/α,β-unsaturated/α-hetero) is 1. The van der Waals surface area contributed by atoms with Crippen LogP contribution in [0.5, 0.6) is 0 Å². The highest BCUT2D eigenvalue weighted by molar-refractivity contribution is 5.85. The fourth-order valence-electron chi connectivity index (χ4n) is 10.2. The third-order valence-corrected chi connectivity index (χ3v) is 12.6. The standard InChI is InChI=1S/C31H50O5/c1-27(2)23-10-9-21-20(29(23,5)14-13-24(27)32)12-16-30(6)19(11-15-31(21,30)7)18-17-22(36-26(18)35-8)25(33)28(3,4)34/h9,18-20,22-23,25-26,33-34H,10-17H2,1-8H3/t18-,19-,20-,22+,23-,25-,26-,29+,30-,31+/m0/s1. The second-order valence-corrected chi connectivity index (χ2v) is 14.9. The smallest absolute Gasteiger partial charge is 0.160 e. The molecule has 5 heteroatoms. The van der Waals surface area contributed by atoms with E-state index in [9.17, 15) is 15.0 Å². The van der Waals surface area contributed by atoms with Gasteiger partial charge in [0.25, 0.3) is 0 Å². The maximum absolute atomic E-state index is 12.9. The van der Waals surface area contributed by atoms with Crippen molar-refractivity contribution in [1.29, 1.82) is 0 Å². The summed E-state index contributed by atoms with van der Waals surface area (Å²) < 4.78 is 12.1. The van der Waals surface area contributed by atoms with E-state index in [1.54, 1.807) is 26.5 Å². The molecule has 10 atom stereocenters. The Morgan fingerprint density at radius 3 is 2.44 bits per heavy atom. The number of fused-ring (bicyclic) bond motifs is 5. The molecule has 3 saturated carbocycles. The zero-order valence-corrected chi connectivity index (χ0v) is 23.9. The lowest BCUT2D eigenvalue weighted by Gasteiger charge is -2.63. The van der Waals surface area contributed by atoms with Crippen molar-refractivity contribution in [3.8, 4) is 0 Å². The Balaban J connectivity index is 1.45. The Bertz CT molecular complexity index is 932. The van der Waals surface area contributed by atoms with Crippen LogP contribution in [0.1, 0.15) is 99.8 Å². The van der Waals surface area contributed by atoms with Gasteiger partial charge in [0, 0.05) is 24.9 Å². The predicted octanol–water partition coefficient (Wildman–Crippen LogP) is 5.67. The van der Waals surface area contributed by atoms with Crippen LogP contribution in [0.15, 0.2) is 11.6 Å². The summed E-state index contributed by atoms with van der Waals surface area (Å²) in [4.78, 5) is 12.9. The molecule has 1 saturated heterocycles. The minimum absolute atomic E-state index is 0.130. The number of aliphatic hydroxyl groups excluding tert-OH is 1. The zero-order valence-electron chi connectivity index (χ0n) is 23.9. The molecule has 1 heterocycles. The molecule has 2 N–H and O–H groups in total. The number of carbonyl (C=O) groups is 1. The molecular weight excluding hydrogens is 452 g/mol. The summed E-state index contributed by atoms with van der Waals surface area (Å²) in [7, 11) is 1.71. The first-order valence-electron chi connectivity index (χ1n) is 14.4. The molecule has 0 aromatic carbocycles. The van der Waals surface area contributed by atoms with E-state index in [4.69, 9.17) is 9.47 Å². The van der Waals surface area contributed by atoms with Crippen molar-refractivity contribution in [2.45, 2.75) is 124 Å². The van der Waals surface area contributed by atoms with Crippen LogP contribution in [0.4, 0.5) is 0 Å². The molecule has 0 amide bonds. The van der Waals surface area contributed by atoms with E-state index in [1.165, 1.54) is 19.3 Å². The Morgan fingerprint density at radius 1 is 1.11 bits per heavy atom. The number of hydrogen-bond donors (Lipinski definition) is 2. The first-order chi connectivity index (χ1) is 16.6. The maximum atomic E-state index is 12.9. The van der Waals surface area contributed by atoms with E-state index in [-0.39, 0.29) is 33.9 Å². The number of ether oxygens (including phenoxy) is 2. The largest absolute Gasteiger partial charge is 0.388 e. The van der Waals surface area contributed by atoms with Gasteiger partial charge in [0.1, 0.15) is 11.9 Å². The summed E-state index contributed by atoms with van der Waals surface area (Å²) in [5.41, 5.74) is 0.681. The third kappa shape index (κ3) is 3.51. The van der Waals surface area contributed by atoms with Crippen LogP contribution in [0, 0.1) is 45.3 Å². The highest BCUT2D eigenvalue weighted by Gasteiger charge is 2.66. The van der Waals surface area contributed by atoms with Crippen LogP contribution >= 0.6 is 0 Å². The summed E-state index contributed by atoms with van der Waals surface area (Å²) >= 11 is 0. The van der Waals surface area contributed by atoms with Gasteiger partial charge < -0.3 is 19.7 Å². The molecule has 0 bridgehead atoms. The van der Waals surface area contributed by atoms with Crippen molar-refractivity contribution >= 4 is 5.78 Å². The molecule has 5 rings (SSSR count). The van der Waals surface area contributed by atoms with E-state index in [0.717, 1.165) is 32.1 Å². The van der Waals surface area contributed by atoms with Crippen molar-refractivity contribution in [2.75, 3.05) is 7.11 Å².